The molecule has 0 spiro atoms. The van der Waals surface area contributed by atoms with Gasteiger partial charge in [0.15, 0.2) is 0 Å². The predicted molar refractivity (Wildman–Crippen MR) is 77.5 cm³/mol. The average molecular weight is 285 g/mol. The van der Waals surface area contributed by atoms with Crippen LogP contribution in [0.4, 0.5) is 4.79 Å². The van der Waals surface area contributed by atoms with E-state index in [9.17, 15) is 9.59 Å². The summed E-state index contributed by atoms with van der Waals surface area (Å²) >= 11 is 0. The summed E-state index contributed by atoms with van der Waals surface area (Å²) in [4.78, 5) is 25.3. The fraction of sp³-hybridized carbons (Fsp3) is 0.857. The summed E-state index contributed by atoms with van der Waals surface area (Å²) in [6.07, 6.45) is 7.33. The normalized spacial score (nSPS) is 16.8. The Balaban J connectivity index is 2.24. The Labute approximate surface area is 121 Å². The first-order valence-electron chi connectivity index (χ1n) is 7.40. The molecule has 0 saturated heterocycles. The van der Waals surface area contributed by atoms with Gasteiger partial charge in [0.2, 0.25) is 5.91 Å². The Morgan fingerprint density at radius 3 is 2.45 bits per heavy atom. The lowest BCUT2D eigenvalue weighted by atomic mass is 10.1. The van der Waals surface area contributed by atoms with E-state index in [1.165, 1.54) is 25.7 Å². The summed E-state index contributed by atoms with van der Waals surface area (Å²) in [5.74, 6) is -0.258. The van der Waals surface area contributed by atoms with Crippen LogP contribution in [-0.4, -0.2) is 56.7 Å². The van der Waals surface area contributed by atoms with Crippen molar-refractivity contribution in [1.29, 1.82) is 0 Å². The summed E-state index contributed by atoms with van der Waals surface area (Å²) in [5.41, 5.74) is 0. The van der Waals surface area contributed by atoms with Gasteiger partial charge < -0.3 is 10.1 Å². The van der Waals surface area contributed by atoms with Gasteiger partial charge in [0.1, 0.15) is 0 Å². The zero-order valence-corrected chi connectivity index (χ0v) is 12.6. The zero-order valence-electron chi connectivity index (χ0n) is 12.6. The van der Waals surface area contributed by atoms with Crippen LogP contribution in [0.5, 0.6) is 0 Å². The van der Waals surface area contributed by atoms with E-state index in [0.29, 0.717) is 19.2 Å². The molecule has 20 heavy (non-hydrogen) atoms. The smallest absolute Gasteiger partial charge is 0.321 e. The number of hydrogen-bond donors (Lipinski definition) is 2. The predicted octanol–water partition coefficient (Wildman–Crippen LogP) is 1.11. The van der Waals surface area contributed by atoms with E-state index in [-0.39, 0.29) is 12.5 Å². The SMILES string of the molecule is COCCNC(=O)NC(=O)CN(C)C1CCCCCC1. The second kappa shape index (κ2) is 9.72. The van der Waals surface area contributed by atoms with Crippen molar-refractivity contribution in [1.82, 2.24) is 15.5 Å². The molecule has 0 atom stereocenters. The summed E-state index contributed by atoms with van der Waals surface area (Å²) in [6.45, 7) is 1.10. The van der Waals surface area contributed by atoms with E-state index < -0.39 is 6.03 Å². The Hall–Kier alpha value is -1.14. The van der Waals surface area contributed by atoms with Crippen LogP contribution < -0.4 is 10.6 Å². The van der Waals surface area contributed by atoms with Crippen molar-refractivity contribution in [2.75, 3.05) is 33.9 Å². The topological polar surface area (TPSA) is 70.7 Å². The fourth-order valence-corrected chi connectivity index (χ4v) is 2.53. The maximum Gasteiger partial charge on any atom is 0.321 e. The first-order chi connectivity index (χ1) is 9.63. The molecule has 1 aliphatic rings. The van der Waals surface area contributed by atoms with Gasteiger partial charge in [-0.15, -0.1) is 0 Å². The third kappa shape index (κ3) is 6.86. The molecule has 1 rings (SSSR count). The van der Waals surface area contributed by atoms with Crippen molar-refractivity contribution in [3.63, 3.8) is 0 Å². The molecule has 0 aliphatic heterocycles. The summed E-state index contributed by atoms with van der Waals surface area (Å²) in [6, 6.07) is 0.00104. The molecular weight excluding hydrogens is 258 g/mol. The number of methoxy groups -OCH3 is 1. The molecule has 0 radical (unpaired) electrons. The molecule has 1 fully saturated rings. The van der Waals surface area contributed by atoms with Crippen molar-refractivity contribution >= 4 is 11.9 Å². The second-order valence-electron chi connectivity index (χ2n) is 5.36. The minimum absolute atomic E-state index is 0.258. The number of carbonyl (C=O) groups is 2. The Morgan fingerprint density at radius 2 is 1.85 bits per heavy atom. The van der Waals surface area contributed by atoms with Crippen molar-refractivity contribution in [2.24, 2.45) is 0 Å². The monoisotopic (exact) mass is 285 g/mol. The lowest BCUT2D eigenvalue weighted by Gasteiger charge is -2.26. The van der Waals surface area contributed by atoms with Crippen LogP contribution in [0.3, 0.4) is 0 Å². The molecule has 0 bridgehead atoms. The van der Waals surface area contributed by atoms with E-state index >= 15 is 0 Å². The number of ether oxygens (including phenoxy) is 1. The van der Waals surface area contributed by atoms with Gasteiger partial charge >= 0.3 is 6.03 Å². The number of nitrogens with one attached hydrogen (secondary N) is 2. The third-order valence-corrected chi connectivity index (χ3v) is 3.69. The number of nitrogens with zero attached hydrogens (tertiary/aromatic N) is 1. The van der Waals surface area contributed by atoms with Crippen molar-refractivity contribution in [3.8, 4) is 0 Å². The van der Waals surface area contributed by atoms with Crippen molar-refractivity contribution < 1.29 is 14.3 Å². The highest BCUT2D eigenvalue weighted by Crippen LogP contribution is 2.20. The van der Waals surface area contributed by atoms with E-state index in [1.807, 2.05) is 7.05 Å². The van der Waals surface area contributed by atoms with Crippen LogP contribution in [0, 0.1) is 0 Å². The average Bonchev–Trinajstić information content (AvgIpc) is 2.67. The van der Waals surface area contributed by atoms with E-state index in [4.69, 9.17) is 4.74 Å². The Morgan fingerprint density at radius 1 is 1.20 bits per heavy atom. The highest BCUT2D eigenvalue weighted by Gasteiger charge is 2.19. The molecule has 3 amide bonds. The summed E-state index contributed by atoms with van der Waals surface area (Å²) < 4.78 is 4.82. The number of carbonyl (C=O) groups excluding carboxylic acids is 2. The van der Waals surface area contributed by atoms with Crippen LogP contribution in [-0.2, 0) is 9.53 Å². The van der Waals surface area contributed by atoms with Gasteiger partial charge in [0.25, 0.3) is 0 Å². The molecule has 6 heteroatoms. The second-order valence-corrected chi connectivity index (χ2v) is 5.36. The first kappa shape index (κ1) is 16.9. The van der Waals surface area contributed by atoms with Gasteiger partial charge in [-0.1, -0.05) is 25.7 Å². The molecular formula is C14H27N3O3. The fourth-order valence-electron chi connectivity index (χ4n) is 2.53. The van der Waals surface area contributed by atoms with Gasteiger partial charge in [-0.3, -0.25) is 15.0 Å². The maximum absolute atomic E-state index is 11.8. The molecule has 0 aromatic rings. The van der Waals surface area contributed by atoms with E-state index in [2.05, 4.69) is 15.5 Å². The number of rotatable bonds is 6. The number of hydrogen-bond acceptors (Lipinski definition) is 4. The van der Waals surface area contributed by atoms with E-state index in [1.54, 1.807) is 7.11 Å². The number of urea groups is 1. The molecule has 1 saturated carbocycles. The Bertz CT molecular complexity index is 302. The zero-order chi connectivity index (χ0) is 14.8. The molecule has 0 aromatic carbocycles. The van der Waals surface area contributed by atoms with Gasteiger partial charge in [-0.2, -0.15) is 0 Å². The van der Waals surface area contributed by atoms with Crippen LogP contribution in [0.25, 0.3) is 0 Å². The van der Waals surface area contributed by atoms with Gasteiger partial charge in [0.05, 0.1) is 13.2 Å². The number of amides is 3. The molecule has 0 aromatic heterocycles. The molecule has 1 aliphatic carbocycles. The molecule has 116 valence electrons. The Kier molecular flexibility index (Phi) is 8.22. The van der Waals surface area contributed by atoms with Crippen molar-refractivity contribution in [3.05, 3.63) is 0 Å². The minimum atomic E-state index is -0.457. The lowest BCUT2D eigenvalue weighted by molar-refractivity contribution is -0.121. The van der Waals surface area contributed by atoms with Crippen LogP contribution >= 0.6 is 0 Å². The van der Waals surface area contributed by atoms with Gasteiger partial charge in [-0.05, 0) is 19.9 Å². The highest BCUT2D eigenvalue weighted by molar-refractivity contribution is 5.95. The highest BCUT2D eigenvalue weighted by atomic mass is 16.5. The first-order valence-corrected chi connectivity index (χ1v) is 7.40. The molecule has 0 heterocycles. The maximum atomic E-state index is 11.8. The van der Waals surface area contributed by atoms with Crippen LogP contribution in [0.2, 0.25) is 0 Å². The van der Waals surface area contributed by atoms with Gasteiger partial charge in [-0.25, -0.2) is 4.79 Å². The lowest BCUT2D eigenvalue weighted by Crippen LogP contribution is -2.46. The number of likely N-dealkylation sites (N-methyl/N-ethyl adjacent to an activating group) is 1. The van der Waals surface area contributed by atoms with Crippen LogP contribution in [0.15, 0.2) is 0 Å². The van der Waals surface area contributed by atoms with Crippen LogP contribution in [0.1, 0.15) is 38.5 Å². The number of imide groups is 1. The molecule has 0 unspecified atom stereocenters. The van der Waals surface area contributed by atoms with E-state index in [0.717, 1.165) is 12.8 Å². The molecule has 6 nitrogen and oxygen atoms in total. The quantitative estimate of drug-likeness (QED) is 0.566. The molecule has 2 N–H and O–H groups in total. The van der Waals surface area contributed by atoms with Crippen molar-refractivity contribution in [2.45, 2.75) is 44.6 Å². The summed E-state index contributed by atoms with van der Waals surface area (Å²) in [7, 11) is 3.52. The minimum Gasteiger partial charge on any atom is -0.383 e. The van der Waals surface area contributed by atoms with Gasteiger partial charge in [0, 0.05) is 19.7 Å². The standard InChI is InChI=1S/C14H27N3O3/c1-17(12-7-5-3-4-6-8-12)11-13(18)16-14(19)15-9-10-20-2/h12H,3-11H2,1-2H3,(H2,15,16,18,19). The summed E-state index contributed by atoms with van der Waals surface area (Å²) in [5, 5.41) is 4.90. The largest absolute Gasteiger partial charge is 0.383 e. The third-order valence-electron chi connectivity index (χ3n) is 3.69.